The summed E-state index contributed by atoms with van der Waals surface area (Å²) in [7, 11) is 0. The molecule has 1 aliphatic rings. The second kappa shape index (κ2) is 7.71. The molecule has 1 aliphatic carbocycles. The molecule has 0 saturated heterocycles. The van der Waals surface area contributed by atoms with Gasteiger partial charge in [-0.3, -0.25) is 4.79 Å². The van der Waals surface area contributed by atoms with Gasteiger partial charge in [0.25, 0.3) is 0 Å². The number of Topliss-reactive ketones (excluding diaryl/α,β-unsaturated/α-hetero) is 1. The van der Waals surface area contributed by atoms with Crippen LogP contribution in [0.2, 0.25) is 0 Å². The standard InChI is InChI=1S/C30H34O2/c1-28(2,3)22-17-18-23-24(19-22)30(32,21-15-11-8-12-16-21)25(20-13-9-7-10-14-20)26(27(23)31)29(4,5)6/h7-19,25-26,32H,1-6H3/t25-,26-,30+/m0/s1. The van der Waals surface area contributed by atoms with Crippen LogP contribution in [0.5, 0.6) is 0 Å². The van der Waals surface area contributed by atoms with Crippen molar-refractivity contribution in [3.63, 3.8) is 0 Å². The topological polar surface area (TPSA) is 37.3 Å². The van der Waals surface area contributed by atoms with Crippen molar-refractivity contribution < 1.29 is 9.90 Å². The van der Waals surface area contributed by atoms with Gasteiger partial charge in [-0.25, -0.2) is 0 Å². The van der Waals surface area contributed by atoms with Crippen LogP contribution in [0.4, 0.5) is 0 Å². The maximum absolute atomic E-state index is 14.0. The van der Waals surface area contributed by atoms with E-state index in [9.17, 15) is 9.90 Å². The van der Waals surface area contributed by atoms with Crippen molar-refractivity contribution in [3.05, 3.63) is 107 Å². The van der Waals surface area contributed by atoms with Crippen LogP contribution < -0.4 is 0 Å². The van der Waals surface area contributed by atoms with Crippen LogP contribution in [0.15, 0.2) is 78.9 Å². The van der Waals surface area contributed by atoms with Gasteiger partial charge in [-0.2, -0.15) is 0 Å². The molecule has 2 heteroatoms. The molecule has 0 spiro atoms. The minimum atomic E-state index is -1.33. The van der Waals surface area contributed by atoms with Crippen molar-refractivity contribution in [1.29, 1.82) is 0 Å². The molecule has 0 fully saturated rings. The highest BCUT2D eigenvalue weighted by atomic mass is 16.3. The van der Waals surface area contributed by atoms with E-state index in [0.717, 1.165) is 22.3 Å². The second-order valence-electron chi connectivity index (χ2n) is 11.2. The van der Waals surface area contributed by atoms with E-state index in [4.69, 9.17) is 0 Å². The van der Waals surface area contributed by atoms with Gasteiger partial charge in [0.1, 0.15) is 5.60 Å². The molecule has 0 aliphatic heterocycles. The Morgan fingerprint density at radius 2 is 1.34 bits per heavy atom. The molecule has 3 aromatic carbocycles. The molecule has 0 unspecified atom stereocenters. The molecule has 3 aromatic rings. The second-order valence-corrected chi connectivity index (χ2v) is 11.2. The van der Waals surface area contributed by atoms with Gasteiger partial charge in [0.15, 0.2) is 5.78 Å². The van der Waals surface area contributed by atoms with Crippen molar-refractivity contribution >= 4 is 5.78 Å². The first-order valence-corrected chi connectivity index (χ1v) is 11.5. The van der Waals surface area contributed by atoms with Crippen LogP contribution in [0.3, 0.4) is 0 Å². The van der Waals surface area contributed by atoms with E-state index < -0.39 is 11.5 Å². The third-order valence-corrected chi connectivity index (χ3v) is 6.93. The predicted octanol–water partition coefficient (Wildman–Crippen LogP) is 6.86. The van der Waals surface area contributed by atoms with Crippen LogP contribution >= 0.6 is 0 Å². The Labute approximate surface area is 192 Å². The summed E-state index contributed by atoms with van der Waals surface area (Å²) in [6.45, 7) is 12.8. The van der Waals surface area contributed by atoms with Gasteiger partial charge in [0.05, 0.1) is 0 Å². The molecule has 3 atom stereocenters. The monoisotopic (exact) mass is 426 g/mol. The minimum Gasteiger partial charge on any atom is -0.380 e. The normalized spacial score (nSPS) is 23.7. The smallest absolute Gasteiger partial charge is 0.167 e. The van der Waals surface area contributed by atoms with Crippen LogP contribution in [-0.4, -0.2) is 10.9 Å². The number of rotatable bonds is 2. The molecule has 32 heavy (non-hydrogen) atoms. The molecule has 2 nitrogen and oxygen atoms in total. The van der Waals surface area contributed by atoms with E-state index in [1.165, 1.54) is 0 Å². The van der Waals surface area contributed by atoms with Crippen molar-refractivity contribution in [2.45, 2.75) is 58.5 Å². The number of ketones is 1. The number of benzene rings is 3. The number of carbonyl (C=O) groups excluding carboxylic acids is 1. The summed E-state index contributed by atoms with van der Waals surface area (Å²) in [5, 5.41) is 12.8. The molecule has 166 valence electrons. The van der Waals surface area contributed by atoms with Gasteiger partial charge >= 0.3 is 0 Å². The number of aliphatic hydroxyl groups is 1. The molecule has 1 N–H and O–H groups in total. The number of hydrogen-bond donors (Lipinski definition) is 1. The van der Waals surface area contributed by atoms with Gasteiger partial charge in [0.2, 0.25) is 0 Å². The largest absolute Gasteiger partial charge is 0.380 e. The summed E-state index contributed by atoms with van der Waals surface area (Å²) >= 11 is 0. The average molecular weight is 427 g/mol. The highest BCUT2D eigenvalue weighted by molar-refractivity contribution is 6.02. The summed E-state index contributed by atoms with van der Waals surface area (Å²) in [4.78, 5) is 14.0. The number of fused-ring (bicyclic) bond motifs is 1. The third kappa shape index (κ3) is 3.61. The first-order chi connectivity index (χ1) is 15.0. The number of carbonyl (C=O) groups is 1. The Bertz CT molecular complexity index is 1120. The quantitative estimate of drug-likeness (QED) is 0.486. The number of hydrogen-bond acceptors (Lipinski definition) is 2. The molecule has 0 aromatic heterocycles. The SMILES string of the molecule is CC(C)(C)c1ccc2c(c1)[C@](O)(c1ccccc1)[C@@H](c1ccccc1)[C@H](C(C)(C)C)C2=O. The van der Waals surface area contributed by atoms with E-state index in [0.29, 0.717) is 5.56 Å². The molecule has 0 radical (unpaired) electrons. The van der Waals surface area contributed by atoms with Crippen LogP contribution in [0.1, 0.15) is 80.1 Å². The summed E-state index contributed by atoms with van der Waals surface area (Å²) in [5.74, 6) is -0.660. The summed E-state index contributed by atoms with van der Waals surface area (Å²) < 4.78 is 0. The Balaban J connectivity index is 2.12. The van der Waals surface area contributed by atoms with E-state index in [1.807, 2.05) is 72.8 Å². The Morgan fingerprint density at radius 1 is 0.781 bits per heavy atom. The summed E-state index contributed by atoms with van der Waals surface area (Å²) in [6.07, 6.45) is 0. The summed E-state index contributed by atoms with van der Waals surface area (Å²) in [5.41, 5.74) is 2.51. The van der Waals surface area contributed by atoms with Crippen molar-refractivity contribution in [2.24, 2.45) is 11.3 Å². The lowest BCUT2D eigenvalue weighted by atomic mass is 9.54. The van der Waals surface area contributed by atoms with Crippen molar-refractivity contribution in [1.82, 2.24) is 0 Å². The van der Waals surface area contributed by atoms with Gasteiger partial charge < -0.3 is 5.11 Å². The average Bonchev–Trinajstić information content (AvgIpc) is 2.75. The molecule has 4 rings (SSSR count). The van der Waals surface area contributed by atoms with E-state index >= 15 is 0 Å². The predicted molar refractivity (Wildman–Crippen MR) is 131 cm³/mol. The maximum atomic E-state index is 14.0. The van der Waals surface area contributed by atoms with Gasteiger partial charge in [0, 0.05) is 17.4 Å². The maximum Gasteiger partial charge on any atom is 0.167 e. The molecular weight excluding hydrogens is 392 g/mol. The zero-order valence-electron chi connectivity index (χ0n) is 20.0. The fourth-order valence-corrected chi connectivity index (χ4v) is 5.28. The van der Waals surface area contributed by atoms with Crippen LogP contribution in [0.25, 0.3) is 0 Å². The van der Waals surface area contributed by atoms with Gasteiger partial charge in [-0.1, -0.05) is 120 Å². The van der Waals surface area contributed by atoms with Gasteiger partial charge in [-0.05, 0) is 33.1 Å². The zero-order valence-corrected chi connectivity index (χ0v) is 20.0. The molecule has 0 saturated carbocycles. The lowest BCUT2D eigenvalue weighted by Gasteiger charge is -2.50. The highest BCUT2D eigenvalue weighted by Crippen LogP contribution is 2.56. The summed E-state index contributed by atoms with van der Waals surface area (Å²) in [6, 6.07) is 26.0. The van der Waals surface area contributed by atoms with E-state index in [-0.39, 0.29) is 22.5 Å². The first-order valence-electron chi connectivity index (χ1n) is 11.5. The van der Waals surface area contributed by atoms with E-state index in [2.05, 4.69) is 47.6 Å². The van der Waals surface area contributed by atoms with Crippen molar-refractivity contribution in [3.8, 4) is 0 Å². The highest BCUT2D eigenvalue weighted by Gasteiger charge is 2.56. The molecule has 0 heterocycles. The fourth-order valence-electron chi connectivity index (χ4n) is 5.28. The van der Waals surface area contributed by atoms with Crippen LogP contribution in [0, 0.1) is 11.3 Å². The van der Waals surface area contributed by atoms with E-state index in [1.54, 1.807) is 0 Å². The Hall–Kier alpha value is -2.71. The fraction of sp³-hybridized carbons (Fsp3) is 0.367. The lowest BCUT2D eigenvalue weighted by Crippen LogP contribution is -2.50. The van der Waals surface area contributed by atoms with Crippen molar-refractivity contribution in [2.75, 3.05) is 0 Å². The lowest BCUT2D eigenvalue weighted by molar-refractivity contribution is -0.00468. The third-order valence-electron chi connectivity index (χ3n) is 6.93. The Morgan fingerprint density at radius 3 is 1.88 bits per heavy atom. The molecular formula is C30H34O2. The molecule has 0 bridgehead atoms. The molecule has 0 amide bonds. The minimum absolute atomic E-state index is 0.0984. The van der Waals surface area contributed by atoms with Gasteiger partial charge in [-0.15, -0.1) is 0 Å². The first kappa shape index (κ1) is 22.5. The Kier molecular flexibility index (Phi) is 5.41. The van der Waals surface area contributed by atoms with Crippen LogP contribution in [-0.2, 0) is 11.0 Å². The zero-order chi connectivity index (χ0) is 23.3.